The maximum Gasteiger partial charge on any atom is 0.0870 e. The van der Waals surface area contributed by atoms with Crippen LogP contribution in [-0.4, -0.2) is 36.1 Å². The smallest absolute Gasteiger partial charge is 0.0870 e. The fourth-order valence-corrected chi connectivity index (χ4v) is 4.07. The van der Waals surface area contributed by atoms with Crippen molar-refractivity contribution in [1.82, 2.24) is 15.2 Å². The summed E-state index contributed by atoms with van der Waals surface area (Å²) in [7, 11) is 0. The number of nitrogens with one attached hydrogen (secondary N) is 1. The van der Waals surface area contributed by atoms with Crippen molar-refractivity contribution in [2.24, 2.45) is 0 Å². The van der Waals surface area contributed by atoms with Gasteiger partial charge in [0.1, 0.15) is 0 Å². The first kappa shape index (κ1) is 15.7. The van der Waals surface area contributed by atoms with Crippen molar-refractivity contribution in [3.63, 3.8) is 0 Å². The summed E-state index contributed by atoms with van der Waals surface area (Å²) in [4.78, 5) is 10.2. The van der Waals surface area contributed by atoms with E-state index in [0.29, 0.717) is 6.04 Å². The molecule has 1 aliphatic rings. The van der Waals surface area contributed by atoms with Crippen LogP contribution in [-0.2, 0) is 6.42 Å². The first-order chi connectivity index (χ1) is 10.8. The molecule has 1 atom stereocenters. The highest BCUT2D eigenvalue weighted by molar-refractivity contribution is 7.12. The van der Waals surface area contributed by atoms with E-state index in [9.17, 15) is 0 Å². The second kappa shape index (κ2) is 7.36. The zero-order valence-electron chi connectivity index (χ0n) is 13.5. The van der Waals surface area contributed by atoms with Crippen molar-refractivity contribution in [2.75, 3.05) is 26.2 Å². The monoisotopic (exact) mass is 315 g/mol. The average Bonchev–Trinajstić information content (AvgIpc) is 2.80. The highest BCUT2D eigenvalue weighted by Gasteiger charge is 2.25. The third kappa shape index (κ3) is 3.57. The molecule has 0 radical (unpaired) electrons. The van der Waals surface area contributed by atoms with Gasteiger partial charge in [0, 0.05) is 35.6 Å². The molecule has 0 aromatic carbocycles. The van der Waals surface area contributed by atoms with E-state index in [1.54, 1.807) is 0 Å². The Morgan fingerprint density at radius 2 is 2.14 bits per heavy atom. The molecule has 0 amide bonds. The van der Waals surface area contributed by atoms with Crippen molar-refractivity contribution < 1.29 is 0 Å². The number of aromatic nitrogens is 1. The highest BCUT2D eigenvalue weighted by Crippen LogP contribution is 2.32. The maximum absolute atomic E-state index is 4.79. The van der Waals surface area contributed by atoms with E-state index >= 15 is 0 Å². The fourth-order valence-electron chi connectivity index (χ4n) is 3.04. The van der Waals surface area contributed by atoms with Crippen molar-refractivity contribution in [2.45, 2.75) is 32.7 Å². The van der Waals surface area contributed by atoms with E-state index in [4.69, 9.17) is 4.98 Å². The molecule has 3 rings (SSSR count). The first-order valence-electron chi connectivity index (χ1n) is 8.24. The molecule has 0 bridgehead atoms. The van der Waals surface area contributed by atoms with Crippen molar-refractivity contribution in [1.29, 1.82) is 0 Å². The SMILES string of the molecule is CCc1ccc(C(c2ccc(C)s2)N2CCCNCC2)nc1. The molecule has 1 unspecified atom stereocenters. The molecule has 0 aliphatic carbocycles. The van der Waals surface area contributed by atoms with Gasteiger partial charge in [0.05, 0.1) is 11.7 Å². The lowest BCUT2D eigenvalue weighted by Gasteiger charge is -2.29. The molecule has 4 heteroatoms. The third-order valence-electron chi connectivity index (χ3n) is 4.31. The van der Waals surface area contributed by atoms with Crippen LogP contribution in [0.15, 0.2) is 30.5 Å². The van der Waals surface area contributed by atoms with E-state index in [0.717, 1.165) is 32.6 Å². The van der Waals surface area contributed by atoms with Gasteiger partial charge in [-0.1, -0.05) is 13.0 Å². The van der Waals surface area contributed by atoms with Gasteiger partial charge in [0.2, 0.25) is 0 Å². The number of aryl methyl sites for hydroxylation is 2. The maximum atomic E-state index is 4.79. The van der Waals surface area contributed by atoms with Crippen LogP contribution in [0.25, 0.3) is 0 Å². The van der Waals surface area contributed by atoms with Gasteiger partial charge >= 0.3 is 0 Å². The zero-order chi connectivity index (χ0) is 15.4. The summed E-state index contributed by atoms with van der Waals surface area (Å²) in [6.07, 6.45) is 4.29. The Kier molecular flexibility index (Phi) is 5.24. The van der Waals surface area contributed by atoms with Crippen molar-refractivity contribution in [3.05, 3.63) is 51.5 Å². The van der Waals surface area contributed by atoms with E-state index < -0.39 is 0 Å². The lowest BCUT2D eigenvalue weighted by atomic mass is 10.1. The van der Waals surface area contributed by atoms with Crippen LogP contribution in [0.5, 0.6) is 0 Å². The zero-order valence-corrected chi connectivity index (χ0v) is 14.3. The standard InChI is InChI=1S/C18H25N3S/c1-3-15-6-7-16(20-13-15)18(17-8-5-14(2)22-17)21-11-4-9-19-10-12-21/h5-8,13,18-19H,3-4,9-12H2,1-2H3. The van der Waals surface area contributed by atoms with Crippen LogP contribution < -0.4 is 5.32 Å². The number of rotatable bonds is 4. The summed E-state index contributed by atoms with van der Waals surface area (Å²) in [5, 5.41) is 3.50. The molecule has 0 spiro atoms. The number of hydrogen-bond donors (Lipinski definition) is 1. The molecule has 3 heterocycles. The minimum Gasteiger partial charge on any atom is -0.315 e. The molecular weight excluding hydrogens is 290 g/mol. The van der Waals surface area contributed by atoms with Gasteiger partial charge in [-0.25, -0.2) is 0 Å². The predicted octanol–water partition coefficient (Wildman–Crippen LogP) is 3.40. The van der Waals surface area contributed by atoms with E-state index in [2.05, 4.69) is 48.3 Å². The van der Waals surface area contributed by atoms with Gasteiger partial charge in [-0.05, 0) is 50.1 Å². The summed E-state index contributed by atoms with van der Waals surface area (Å²) in [6.45, 7) is 8.76. The summed E-state index contributed by atoms with van der Waals surface area (Å²) in [5.74, 6) is 0. The summed E-state index contributed by atoms with van der Waals surface area (Å²) in [6, 6.07) is 9.24. The average molecular weight is 315 g/mol. The van der Waals surface area contributed by atoms with E-state index in [1.807, 2.05) is 17.5 Å². The van der Waals surface area contributed by atoms with Crippen molar-refractivity contribution >= 4 is 11.3 Å². The summed E-state index contributed by atoms with van der Waals surface area (Å²) in [5.41, 5.74) is 2.49. The predicted molar refractivity (Wildman–Crippen MR) is 93.6 cm³/mol. The van der Waals surface area contributed by atoms with Crippen LogP contribution in [0, 0.1) is 6.92 Å². The van der Waals surface area contributed by atoms with Gasteiger partial charge in [-0.2, -0.15) is 0 Å². The highest BCUT2D eigenvalue weighted by atomic mass is 32.1. The molecule has 2 aromatic rings. The summed E-state index contributed by atoms with van der Waals surface area (Å²) < 4.78 is 0. The molecular formula is C18H25N3S. The molecule has 1 aliphatic heterocycles. The Bertz CT molecular complexity index is 583. The molecule has 2 aromatic heterocycles. The molecule has 1 N–H and O–H groups in total. The molecule has 118 valence electrons. The Balaban J connectivity index is 1.93. The van der Waals surface area contributed by atoms with Gasteiger partial charge in [-0.15, -0.1) is 11.3 Å². The Morgan fingerprint density at radius 3 is 2.82 bits per heavy atom. The quantitative estimate of drug-likeness (QED) is 0.937. The third-order valence-corrected chi connectivity index (χ3v) is 5.36. The normalized spacial score (nSPS) is 18.1. The lowest BCUT2D eigenvalue weighted by molar-refractivity contribution is 0.240. The van der Waals surface area contributed by atoms with Crippen LogP contribution in [0.2, 0.25) is 0 Å². The minimum atomic E-state index is 0.296. The van der Waals surface area contributed by atoms with Crippen LogP contribution in [0.1, 0.15) is 40.4 Å². The largest absolute Gasteiger partial charge is 0.315 e. The second-order valence-corrected chi connectivity index (χ2v) is 7.25. The van der Waals surface area contributed by atoms with Crippen LogP contribution in [0.4, 0.5) is 0 Å². The Morgan fingerprint density at radius 1 is 1.23 bits per heavy atom. The van der Waals surface area contributed by atoms with Crippen LogP contribution >= 0.6 is 11.3 Å². The van der Waals surface area contributed by atoms with E-state index in [1.165, 1.54) is 27.4 Å². The van der Waals surface area contributed by atoms with Gasteiger partial charge in [0.15, 0.2) is 0 Å². The van der Waals surface area contributed by atoms with Crippen LogP contribution in [0.3, 0.4) is 0 Å². The van der Waals surface area contributed by atoms with Crippen molar-refractivity contribution in [3.8, 4) is 0 Å². The van der Waals surface area contributed by atoms with Gasteiger partial charge in [0.25, 0.3) is 0 Å². The minimum absolute atomic E-state index is 0.296. The molecule has 3 nitrogen and oxygen atoms in total. The Labute approximate surface area is 137 Å². The molecule has 22 heavy (non-hydrogen) atoms. The topological polar surface area (TPSA) is 28.2 Å². The second-order valence-electron chi connectivity index (χ2n) is 5.94. The molecule has 1 fully saturated rings. The van der Waals surface area contributed by atoms with Gasteiger partial charge in [-0.3, -0.25) is 9.88 Å². The first-order valence-corrected chi connectivity index (χ1v) is 9.05. The lowest BCUT2D eigenvalue weighted by Crippen LogP contribution is -2.33. The number of hydrogen-bond acceptors (Lipinski definition) is 4. The van der Waals surface area contributed by atoms with E-state index in [-0.39, 0.29) is 0 Å². The summed E-state index contributed by atoms with van der Waals surface area (Å²) >= 11 is 1.90. The Hall–Kier alpha value is -1.23. The van der Waals surface area contributed by atoms with Gasteiger partial charge < -0.3 is 5.32 Å². The number of nitrogens with zero attached hydrogens (tertiary/aromatic N) is 2. The molecule has 0 saturated carbocycles. The molecule has 1 saturated heterocycles. The fraction of sp³-hybridized carbons (Fsp3) is 0.500. The number of thiophene rings is 1. The number of pyridine rings is 1.